The third-order valence-electron chi connectivity index (χ3n) is 3.47. The smallest absolute Gasteiger partial charge is 0.247 e. The molecule has 24 heavy (non-hydrogen) atoms. The van der Waals surface area contributed by atoms with Crippen LogP contribution in [-0.2, 0) is 0 Å². The second-order valence-corrected chi connectivity index (χ2v) is 5.37. The highest BCUT2D eigenvalue weighted by Crippen LogP contribution is 2.16. The molecule has 0 amide bonds. The lowest BCUT2D eigenvalue weighted by atomic mass is 10.3. The summed E-state index contributed by atoms with van der Waals surface area (Å²) >= 11 is 0. The van der Waals surface area contributed by atoms with Crippen LogP contribution in [-0.4, -0.2) is 49.0 Å². The minimum absolute atomic E-state index is 0.525. The molecule has 7 nitrogen and oxygen atoms in total. The van der Waals surface area contributed by atoms with Crippen LogP contribution < -0.4 is 19.7 Å². The summed E-state index contributed by atoms with van der Waals surface area (Å²) in [6.07, 6.45) is 3.86. The number of hydrogen-bond acceptors (Lipinski definition) is 7. The minimum Gasteiger partial charge on any atom is -0.497 e. The first-order valence-electron chi connectivity index (χ1n) is 8.14. The van der Waals surface area contributed by atoms with Crippen LogP contribution >= 0.6 is 0 Å². The average molecular weight is 331 g/mol. The number of benzene rings is 1. The normalized spacial score (nSPS) is 10.3. The van der Waals surface area contributed by atoms with Crippen LogP contribution in [0.3, 0.4) is 0 Å². The van der Waals surface area contributed by atoms with E-state index in [0.29, 0.717) is 24.9 Å². The third kappa shape index (κ3) is 5.57. The Morgan fingerprint density at radius 2 is 1.92 bits per heavy atom. The molecule has 0 bridgehead atoms. The first-order valence-corrected chi connectivity index (χ1v) is 8.14. The molecule has 7 heteroatoms. The second-order valence-electron chi connectivity index (χ2n) is 5.37. The van der Waals surface area contributed by atoms with E-state index in [1.54, 1.807) is 13.3 Å². The molecule has 0 aliphatic heterocycles. The van der Waals surface area contributed by atoms with Crippen LogP contribution in [0.25, 0.3) is 0 Å². The summed E-state index contributed by atoms with van der Waals surface area (Å²) < 4.78 is 10.8. The Morgan fingerprint density at radius 3 is 2.62 bits per heavy atom. The van der Waals surface area contributed by atoms with Crippen molar-refractivity contribution in [3.63, 3.8) is 0 Å². The van der Waals surface area contributed by atoms with Gasteiger partial charge in [-0.15, -0.1) is 5.10 Å². The van der Waals surface area contributed by atoms with Crippen molar-refractivity contribution in [3.05, 3.63) is 30.5 Å². The number of rotatable bonds is 10. The van der Waals surface area contributed by atoms with Crippen molar-refractivity contribution < 1.29 is 9.47 Å². The van der Waals surface area contributed by atoms with Gasteiger partial charge in [0.1, 0.15) is 18.1 Å². The van der Waals surface area contributed by atoms with Gasteiger partial charge < -0.3 is 19.7 Å². The van der Waals surface area contributed by atoms with Crippen molar-refractivity contribution in [3.8, 4) is 11.5 Å². The Hall–Kier alpha value is -2.57. The van der Waals surface area contributed by atoms with Crippen molar-refractivity contribution in [1.82, 2.24) is 15.2 Å². The predicted octanol–water partition coefficient (Wildman–Crippen LogP) is 2.61. The lowest BCUT2D eigenvalue weighted by Gasteiger charge is -2.16. The number of methoxy groups -OCH3 is 1. The van der Waals surface area contributed by atoms with E-state index in [9.17, 15) is 0 Å². The SMILES string of the molecule is CCCCN(C)c1nncc(NCCOc2ccc(OC)cc2)n1. The molecule has 2 aromatic rings. The molecule has 0 saturated heterocycles. The van der Waals surface area contributed by atoms with E-state index in [2.05, 4.69) is 27.4 Å². The van der Waals surface area contributed by atoms with E-state index >= 15 is 0 Å². The van der Waals surface area contributed by atoms with Crippen LogP contribution in [0.4, 0.5) is 11.8 Å². The fraction of sp³-hybridized carbons (Fsp3) is 0.471. The molecule has 1 aromatic heterocycles. The zero-order valence-corrected chi connectivity index (χ0v) is 14.5. The number of hydrogen-bond donors (Lipinski definition) is 1. The summed E-state index contributed by atoms with van der Waals surface area (Å²) in [6, 6.07) is 7.50. The lowest BCUT2D eigenvalue weighted by Crippen LogP contribution is -2.22. The van der Waals surface area contributed by atoms with E-state index in [0.717, 1.165) is 30.9 Å². The Bertz CT molecular complexity index is 606. The van der Waals surface area contributed by atoms with Crippen LogP contribution in [0.1, 0.15) is 19.8 Å². The highest BCUT2D eigenvalue weighted by Gasteiger charge is 2.05. The van der Waals surface area contributed by atoms with Crippen molar-refractivity contribution in [2.45, 2.75) is 19.8 Å². The minimum atomic E-state index is 0.525. The molecule has 1 N–H and O–H groups in total. The van der Waals surface area contributed by atoms with Gasteiger partial charge in [-0.3, -0.25) is 0 Å². The third-order valence-corrected chi connectivity index (χ3v) is 3.47. The predicted molar refractivity (Wildman–Crippen MR) is 95.0 cm³/mol. The van der Waals surface area contributed by atoms with Crippen molar-refractivity contribution >= 4 is 11.8 Å². The van der Waals surface area contributed by atoms with Gasteiger partial charge in [0, 0.05) is 13.6 Å². The molecule has 0 fully saturated rings. The number of ether oxygens (including phenoxy) is 2. The molecule has 0 saturated carbocycles. The fourth-order valence-electron chi connectivity index (χ4n) is 2.06. The first-order chi connectivity index (χ1) is 11.7. The summed E-state index contributed by atoms with van der Waals surface area (Å²) in [5, 5.41) is 11.3. The maximum absolute atomic E-state index is 5.67. The van der Waals surface area contributed by atoms with Gasteiger partial charge in [-0.25, -0.2) is 0 Å². The molecular weight excluding hydrogens is 306 g/mol. The van der Waals surface area contributed by atoms with Crippen molar-refractivity contribution in [1.29, 1.82) is 0 Å². The highest BCUT2D eigenvalue weighted by molar-refractivity contribution is 5.38. The van der Waals surface area contributed by atoms with E-state index in [-0.39, 0.29) is 0 Å². The number of nitrogens with one attached hydrogen (secondary N) is 1. The average Bonchev–Trinajstić information content (AvgIpc) is 2.64. The molecule has 0 aliphatic rings. The maximum atomic E-state index is 5.67. The Balaban J connectivity index is 1.77. The van der Waals surface area contributed by atoms with Crippen molar-refractivity contribution in [2.24, 2.45) is 0 Å². The van der Waals surface area contributed by atoms with Gasteiger partial charge in [0.2, 0.25) is 5.95 Å². The second kappa shape index (κ2) is 9.54. The molecule has 0 unspecified atom stereocenters. The molecule has 2 rings (SSSR count). The summed E-state index contributed by atoms with van der Waals surface area (Å²) in [6.45, 7) is 4.23. The topological polar surface area (TPSA) is 72.4 Å². The number of anilines is 2. The van der Waals surface area contributed by atoms with Crippen LogP contribution in [0.2, 0.25) is 0 Å². The van der Waals surface area contributed by atoms with E-state index in [1.165, 1.54) is 0 Å². The molecule has 0 aliphatic carbocycles. The zero-order chi connectivity index (χ0) is 17.2. The molecule has 0 spiro atoms. The Morgan fingerprint density at radius 1 is 1.17 bits per heavy atom. The first kappa shape index (κ1) is 17.8. The molecule has 0 atom stereocenters. The number of aromatic nitrogens is 3. The van der Waals surface area contributed by atoms with Gasteiger partial charge in [-0.2, -0.15) is 10.1 Å². The lowest BCUT2D eigenvalue weighted by molar-refractivity contribution is 0.331. The number of unbranched alkanes of at least 4 members (excludes halogenated alkanes) is 1. The van der Waals surface area contributed by atoms with Gasteiger partial charge in [-0.1, -0.05) is 13.3 Å². The Kier molecular flexibility index (Phi) is 7.07. The molecule has 1 aromatic carbocycles. The highest BCUT2D eigenvalue weighted by atomic mass is 16.5. The van der Waals surface area contributed by atoms with Gasteiger partial charge in [0.15, 0.2) is 5.82 Å². The van der Waals surface area contributed by atoms with E-state index in [4.69, 9.17) is 9.47 Å². The van der Waals surface area contributed by atoms with Crippen LogP contribution in [0.15, 0.2) is 30.5 Å². The standard InChI is InChI=1S/C17H25N5O2/c1-4-5-11-22(2)17-20-16(13-19-21-17)18-10-12-24-15-8-6-14(23-3)7-9-15/h6-9,13H,4-5,10-12H2,1-3H3,(H,18,20,21). The Labute approximate surface area is 143 Å². The van der Waals surface area contributed by atoms with E-state index < -0.39 is 0 Å². The zero-order valence-electron chi connectivity index (χ0n) is 14.5. The summed E-state index contributed by atoms with van der Waals surface area (Å²) in [5.41, 5.74) is 0. The van der Waals surface area contributed by atoms with Crippen LogP contribution in [0, 0.1) is 0 Å². The van der Waals surface area contributed by atoms with Gasteiger partial charge >= 0.3 is 0 Å². The van der Waals surface area contributed by atoms with E-state index in [1.807, 2.05) is 36.2 Å². The van der Waals surface area contributed by atoms with Gasteiger partial charge in [0.25, 0.3) is 0 Å². The summed E-state index contributed by atoms with van der Waals surface area (Å²) in [7, 11) is 3.62. The quantitative estimate of drug-likeness (QED) is 0.671. The van der Waals surface area contributed by atoms with Crippen molar-refractivity contribution in [2.75, 3.05) is 44.1 Å². The molecule has 1 heterocycles. The monoisotopic (exact) mass is 331 g/mol. The fourth-order valence-corrected chi connectivity index (χ4v) is 2.06. The summed E-state index contributed by atoms with van der Waals surface area (Å²) in [5.74, 6) is 2.94. The van der Waals surface area contributed by atoms with Gasteiger partial charge in [0.05, 0.1) is 19.9 Å². The summed E-state index contributed by atoms with van der Waals surface area (Å²) in [4.78, 5) is 6.47. The maximum Gasteiger partial charge on any atom is 0.247 e. The molecular formula is C17H25N5O2. The molecule has 0 radical (unpaired) electrons. The largest absolute Gasteiger partial charge is 0.497 e. The van der Waals surface area contributed by atoms with Gasteiger partial charge in [-0.05, 0) is 30.7 Å². The van der Waals surface area contributed by atoms with Crippen LogP contribution in [0.5, 0.6) is 11.5 Å². The molecule has 130 valence electrons. The number of nitrogens with zero attached hydrogens (tertiary/aromatic N) is 4.